The van der Waals surface area contributed by atoms with E-state index in [2.05, 4.69) is 5.32 Å². The molecule has 1 aromatic carbocycles. The number of benzene rings is 1. The summed E-state index contributed by atoms with van der Waals surface area (Å²) in [6.45, 7) is 1.85. The molecule has 0 radical (unpaired) electrons. The number of nitrogens with one attached hydrogen (secondary N) is 1. The Balaban J connectivity index is 1.82. The van der Waals surface area contributed by atoms with Gasteiger partial charge >= 0.3 is 5.63 Å². The molecule has 0 spiro atoms. The van der Waals surface area contributed by atoms with Crippen LogP contribution in [0.4, 0.5) is 5.69 Å². The van der Waals surface area contributed by atoms with Gasteiger partial charge in [0, 0.05) is 34.2 Å². The molecule has 5 heteroatoms. The quantitative estimate of drug-likeness (QED) is 0.591. The van der Waals surface area contributed by atoms with Gasteiger partial charge in [0.2, 0.25) is 5.91 Å². The van der Waals surface area contributed by atoms with Gasteiger partial charge in [-0.1, -0.05) is 6.07 Å². The second-order valence-electron chi connectivity index (χ2n) is 4.80. The van der Waals surface area contributed by atoms with Gasteiger partial charge < -0.3 is 9.73 Å². The van der Waals surface area contributed by atoms with Crippen molar-refractivity contribution in [2.45, 2.75) is 6.92 Å². The molecule has 2 aromatic heterocycles. The highest BCUT2D eigenvalue weighted by Crippen LogP contribution is 2.20. The van der Waals surface area contributed by atoms with E-state index in [4.69, 9.17) is 4.42 Å². The summed E-state index contributed by atoms with van der Waals surface area (Å²) in [5.41, 5.74) is 1.50. The van der Waals surface area contributed by atoms with E-state index >= 15 is 0 Å². The van der Waals surface area contributed by atoms with Gasteiger partial charge in [0.25, 0.3) is 0 Å². The summed E-state index contributed by atoms with van der Waals surface area (Å²) in [5.74, 6) is -0.234. The van der Waals surface area contributed by atoms with Crippen LogP contribution in [0.5, 0.6) is 0 Å². The number of amides is 1. The van der Waals surface area contributed by atoms with Gasteiger partial charge in [-0.3, -0.25) is 4.79 Å². The normalized spacial score (nSPS) is 11.1. The van der Waals surface area contributed by atoms with Gasteiger partial charge in [-0.25, -0.2) is 4.79 Å². The summed E-state index contributed by atoms with van der Waals surface area (Å²) in [7, 11) is 0. The molecule has 4 nitrogen and oxygen atoms in total. The molecule has 0 atom stereocenters. The van der Waals surface area contributed by atoms with Gasteiger partial charge in [-0.2, -0.15) is 0 Å². The first-order valence-corrected chi connectivity index (χ1v) is 7.57. The fourth-order valence-electron chi connectivity index (χ4n) is 2.13. The number of thiophene rings is 1. The van der Waals surface area contributed by atoms with Crippen LogP contribution >= 0.6 is 11.3 Å². The van der Waals surface area contributed by atoms with Crippen LogP contribution in [0.2, 0.25) is 0 Å². The van der Waals surface area contributed by atoms with Gasteiger partial charge in [-0.05, 0) is 42.1 Å². The average molecular weight is 311 g/mol. The van der Waals surface area contributed by atoms with E-state index in [1.54, 1.807) is 29.5 Å². The second-order valence-corrected chi connectivity index (χ2v) is 5.78. The lowest BCUT2D eigenvalue weighted by Gasteiger charge is -2.05. The molecule has 0 saturated heterocycles. The first-order chi connectivity index (χ1) is 10.6. The maximum Gasteiger partial charge on any atom is 0.336 e. The number of carbonyl (C=O) groups excluding carboxylic acids is 1. The van der Waals surface area contributed by atoms with E-state index in [-0.39, 0.29) is 5.91 Å². The van der Waals surface area contributed by atoms with Crippen LogP contribution < -0.4 is 10.9 Å². The largest absolute Gasteiger partial charge is 0.423 e. The maximum absolute atomic E-state index is 11.9. The Hall–Kier alpha value is -2.66. The van der Waals surface area contributed by atoms with Crippen molar-refractivity contribution in [3.05, 3.63) is 68.7 Å². The highest BCUT2D eigenvalue weighted by Gasteiger charge is 2.05. The van der Waals surface area contributed by atoms with Crippen LogP contribution in [-0.2, 0) is 4.79 Å². The summed E-state index contributed by atoms with van der Waals surface area (Å²) in [6.07, 6.45) is 3.23. The number of aryl methyl sites for hydroxylation is 1. The van der Waals surface area contributed by atoms with E-state index in [1.165, 1.54) is 12.1 Å². The van der Waals surface area contributed by atoms with Crippen molar-refractivity contribution in [3.63, 3.8) is 0 Å². The fraction of sp³-hybridized carbons (Fsp3) is 0.0588. The molecule has 110 valence electrons. The SMILES string of the molecule is Cc1cc(=O)oc2cc(NC(=O)/C=C/c3cccs3)ccc12. The molecule has 1 N–H and O–H groups in total. The number of anilines is 1. The minimum atomic E-state index is -0.397. The third-order valence-electron chi connectivity index (χ3n) is 3.16. The van der Waals surface area contributed by atoms with E-state index < -0.39 is 5.63 Å². The third-order valence-corrected chi connectivity index (χ3v) is 4.00. The predicted octanol–water partition coefficient (Wildman–Crippen LogP) is 3.81. The molecule has 0 aliphatic carbocycles. The Morgan fingerprint density at radius 1 is 1.27 bits per heavy atom. The van der Waals surface area contributed by atoms with Crippen molar-refractivity contribution in [1.82, 2.24) is 0 Å². The Morgan fingerprint density at radius 3 is 2.91 bits per heavy atom. The van der Waals surface area contributed by atoms with Crippen LogP contribution in [0.15, 0.2) is 57.1 Å². The summed E-state index contributed by atoms with van der Waals surface area (Å²) in [6, 6.07) is 10.6. The minimum Gasteiger partial charge on any atom is -0.423 e. The summed E-state index contributed by atoms with van der Waals surface area (Å²) in [5, 5.41) is 5.56. The van der Waals surface area contributed by atoms with Crippen LogP contribution in [-0.4, -0.2) is 5.91 Å². The smallest absolute Gasteiger partial charge is 0.336 e. The monoisotopic (exact) mass is 311 g/mol. The van der Waals surface area contributed by atoms with Gasteiger partial charge in [-0.15, -0.1) is 11.3 Å². The van der Waals surface area contributed by atoms with Crippen LogP contribution in [0.3, 0.4) is 0 Å². The number of hydrogen-bond acceptors (Lipinski definition) is 4. The van der Waals surface area contributed by atoms with Crippen molar-refractivity contribution in [3.8, 4) is 0 Å². The van der Waals surface area contributed by atoms with Crippen molar-refractivity contribution >= 4 is 40.0 Å². The molecular weight excluding hydrogens is 298 g/mol. The number of carbonyl (C=O) groups is 1. The zero-order chi connectivity index (χ0) is 15.5. The van der Waals surface area contributed by atoms with E-state index in [0.717, 1.165) is 15.8 Å². The molecule has 0 bridgehead atoms. The van der Waals surface area contributed by atoms with Crippen molar-refractivity contribution < 1.29 is 9.21 Å². The Morgan fingerprint density at radius 2 is 2.14 bits per heavy atom. The summed E-state index contributed by atoms with van der Waals surface area (Å²) >= 11 is 1.56. The van der Waals surface area contributed by atoms with Crippen LogP contribution in [0.1, 0.15) is 10.4 Å². The van der Waals surface area contributed by atoms with Crippen molar-refractivity contribution in [1.29, 1.82) is 0 Å². The lowest BCUT2D eigenvalue weighted by molar-refractivity contribution is -0.111. The molecule has 0 unspecified atom stereocenters. The standard InChI is InChI=1S/C17H13NO3S/c1-11-9-17(20)21-15-10-12(4-6-14(11)15)18-16(19)7-5-13-3-2-8-22-13/h2-10H,1H3,(H,18,19)/b7-5+. The first kappa shape index (κ1) is 14.3. The average Bonchev–Trinajstić information content (AvgIpc) is 2.98. The molecule has 3 rings (SSSR count). The zero-order valence-electron chi connectivity index (χ0n) is 11.8. The highest BCUT2D eigenvalue weighted by atomic mass is 32.1. The Labute approximate surface area is 130 Å². The molecular formula is C17H13NO3S. The molecule has 0 fully saturated rings. The lowest BCUT2D eigenvalue weighted by atomic mass is 10.1. The molecule has 0 saturated carbocycles. The van der Waals surface area contributed by atoms with E-state index in [9.17, 15) is 9.59 Å². The molecule has 0 aliphatic rings. The Bertz CT molecular complexity index is 907. The number of fused-ring (bicyclic) bond motifs is 1. The number of rotatable bonds is 3. The van der Waals surface area contributed by atoms with Crippen LogP contribution in [0, 0.1) is 6.92 Å². The summed E-state index contributed by atoms with van der Waals surface area (Å²) in [4.78, 5) is 24.3. The van der Waals surface area contributed by atoms with Crippen LogP contribution in [0.25, 0.3) is 17.0 Å². The predicted molar refractivity (Wildman–Crippen MR) is 89.2 cm³/mol. The maximum atomic E-state index is 11.9. The van der Waals surface area contributed by atoms with E-state index in [1.807, 2.05) is 30.5 Å². The topological polar surface area (TPSA) is 59.3 Å². The van der Waals surface area contributed by atoms with Crippen molar-refractivity contribution in [2.75, 3.05) is 5.32 Å². The summed E-state index contributed by atoms with van der Waals surface area (Å²) < 4.78 is 5.16. The van der Waals surface area contributed by atoms with Gasteiger partial charge in [0.1, 0.15) is 5.58 Å². The fourth-order valence-corrected chi connectivity index (χ4v) is 2.75. The zero-order valence-corrected chi connectivity index (χ0v) is 12.6. The molecule has 3 aromatic rings. The molecule has 0 aliphatic heterocycles. The molecule has 1 amide bonds. The first-order valence-electron chi connectivity index (χ1n) is 6.69. The van der Waals surface area contributed by atoms with Gasteiger partial charge in [0.15, 0.2) is 0 Å². The Kier molecular flexibility index (Phi) is 3.89. The van der Waals surface area contributed by atoms with E-state index in [0.29, 0.717) is 11.3 Å². The minimum absolute atomic E-state index is 0.234. The number of hydrogen-bond donors (Lipinski definition) is 1. The molecule has 22 heavy (non-hydrogen) atoms. The second kappa shape index (κ2) is 5.99. The third kappa shape index (κ3) is 3.15. The highest BCUT2D eigenvalue weighted by molar-refractivity contribution is 7.10. The lowest BCUT2D eigenvalue weighted by Crippen LogP contribution is -2.07. The molecule has 2 heterocycles. The van der Waals surface area contributed by atoms with Gasteiger partial charge in [0.05, 0.1) is 0 Å². The van der Waals surface area contributed by atoms with Crippen molar-refractivity contribution in [2.24, 2.45) is 0 Å².